The second kappa shape index (κ2) is 8.50. The molecule has 1 atom stereocenters. The zero-order chi connectivity index (χ0) is 21.8. The van der Waals surface area contributed by atoms with Crippen LogP contribution < -0.4 is 10.2 Å². The van der Waals surface area contributed by atoms with Gasteiger partial charge in [0, 0.05) is 30.7 Å². The molecule has 1 aromatic carbocycles. The summed E-state index contributed by atoms with van der Waals surface area (Å²) in [4.78, 5) is 39.8. The van der Waals surface area contributed by atoms with E-state index < -0.39 is 40.4 Å². The van der Waals surface area contributed by atoms with E-state index in [1.54, 1.807) is 20.8 Å². The summed E-state index contributed by atoms with van der Waals surface area (Å²) in [5.41, 5.74) is -0.451. The topological polar surface area (TPSA) is 153 Å². The maximum Gasteiger partial charge on any atom is 0.408 e. The third kappa shape index (κ3) is 6.13. The Kier molecular flexibility index (Phi) is 6.32. The Hall–Kier alpha value is -3.76. The van der Waals surface area contributed by atoms with E-state index in [4.69, 9.17) is 9.57 Å². The third-order valence-corrected chi connectivity index (χ3v) is 3.54. The van der Waals surface area contributed by atoms with Crippen LogP contribution in [-0.4, -0.2) is 43.6 Å². The summed E-state index contributed by atoms with van der Waals surface area (Å²) >= 11 is 0. The summed E-state index contributed by atoms with van der Waals surface area (Å²) in [6, 6.07) is 6.32. The summed E-state index contributed by atoms with van der Waals surface area (Å²) in [6.45, 7) is 4.93. The van der Waals surface area contributed by atoms with Crippen molar-refractivity contribution in [3.63, 3.8) is 0 Å². The number of benzene rings is 1. The minimum absolute atomic E-state index is 0.0845. The van der Waals surface area contributed by atoms with Crippen molar-refractivity contribution in [2.75, 3.05) is 0 Å². The van der Waals surface area contributed by atoms with E-state index in [1.165, 1.54) is 24.3 Å². The number of ether oxygens (including phenoxy) is 1. The third-order valence-electron chi connectivity index (χ3n) is 3.54. The number of nitro groups is 1. The number of hydrogen-bond donors (Lipinski definition) is 3. The van der Waals surface area contributed by atoms with Gasteiger partial charge in [-0.25, -0.2) is 9.59 Å². The molecule has 0 fully saturated rings. The fourth-order valence-corrected chi connectivity index (χ4v) is 2.28. The minimum Gasteiger partial charge on any atom is -0.492 e. The van der Waals surface area contributed by atoms with Crippen LogP contribution in [0.15, 0.2) is 36.4 Å². The highest BCUT2D eigenvalue weighted by Crippen LogP contribution is 2.19. The molecule has 156 valence electrons. The highest BCUT2D eigenvalue weighted by Gasteiger charge is 2.28. The van der Waals surface area contributed by atoms with Crippen LogP contribution in [0.4, 0.5) is 10.5 Å². The van der Waals surface area contributed by atoms with Gasteiger partial charge in [0.15, 0.2) is 0 Å². The Balaban J connectivity index is 2.20. The molecule has 11 nitrogen and oxygen atoms in total. The van der Waals surface area contributed by atoms with Crippen LogP contribution in [0.1, 0.15) is 26.3 Å². The predicted molar refractivity (Wildman–Crippen MR) is 99.3 cm³/mol. The Morgan fingerprint density at radius 1 is 1.14 bits per heavy atom. The van der Waals surface area contributed by atoms with Gasteiger partial charge in [-0.3, -0.25) is 10.1 Å². The summed E-state index contributed by atoms with van der Waals surface area (Å²) < 4.78 is 5.62. The number of nitrogens with one attached hydrogen (secondary N) is 1. The molecule has 1 amide bonds. The SMILES string of the molecule is CC(C)(C)OC(=O)NC(Cc1ccc([N+](=O)[O-])cc1)C(=O)On1c(O)ccc1O. The number of alkyl carbamates (subject to hydrolysis) is 1. The largest absolute Gasteiger partial charge is 0.492 e. The van der Waals surface area contributed by atoms with Crippen LogP contribution in [0.25, 0.3) is 0 Å². The smallest absolute Gasteiger partial charge is 0.408 e. The van der Waals surface area contributed by atoms with E-state index in [0.717, 1.165) is 12.1 Å². The van der Waals surface area contributed by atoms with Gasteiger partial charge in [-0.15, -0.1) is 4.73 Å². The fraction of sp³-hybridized carbons (Fsp3) is 0.333. The van der Waals surface area contributed by atoms with Crippen molar-refractivity contribution >= 4 is 17.7 Å². The number of aromatic nitrogens is 1. The maximum atomic E-state index is 12.6. The standard InChI is InChI=1S/C18H21N3O8/c1-18(2,3)28-17(25)19-13(10-11-4-6-12(7-5-11)21(26)27)16(24)29-20-14(22)8-9-15(20)23/h4-9,13,22-23H,10H2,1-3H3,(H,19,25). The van der Waals surface area contributed by atoms with Crippen LogP contribution >= 0.6 is 0 Å². The molecule has 0 spiro atoms. The van der Waals surface area contributed by atoms with Crippen LogP contribution in [-0.2, 0) is 16.0 Å². The fourth-order valence-electron chi connectivity index (χ4n) is 2.28. The Bertz CT molecular complexity index is 879. The number of carbonyl (C=O) groups excluding carboxylic acids is 2. The van der Waals surface area contributed by atoms with Crippen molar-refractivity contribution in [3.05, 3.63) is 52.1 Å². The molecule has 1 heterocycles. The summed E-state index contributed by atoms with van der Waals surface area (Å²) in [6.07, 6.45) is -0.971. The highest BCUT2D eigenvalue weighted by atomic mass is 16.7. The number of carbonyl (C=O) groups is 2. The molecule has 0 aliphatic carbocycles. The molecule has 0 bridgehead atoms. The first kappa shape index (κ1) is 21.5. The number of rotatable bonds is 6. The number of amides is 1. The van der Waals surface area contributed by atoms with Crippen molar-refractivity contribution < 1.29 is 34.3 Å². The van der Waals surface area contributed by atoms with Gasteiger partial charge >= 0.3 is 12.1 Å². The number of hydrogen-bond acceptors (Lipinski definition) is 8. The molecule has 1 unspecified atom stereocenters. The van der Waals surface area contributed by atoms with Gasteiger partial charge in [-0.2, -0.15) is 0 Å². The molecular formula is C18H21N3O8. The van der Waals surface area contributed by atoms with E-state index in [0.29, 0.717) is 10.3 Å². The van der Waals surface area contributed by atoms with Crippen molar-refractivity contribution in [2.24, 2.45) is 0 Å². The van der Waals surface area contributed by atoms with Crippen LogP contribution in [0, 0.1) is 10.1 Å². The normalized spacial score (nSPS) is 12.1. The molecule has 2 aromatic rings. The van der Waals surface area contributed by atoms with Crippen LogP contribution in [0.3, 0.4) is 0 Å². The first-order valence-electron chi connectivity index (χ1n) is 8.51. The predicted octanol–water partition coefficient (Wildman–Crippen LogP) is 1.90. The summed E-state index contributed by atoms with van der Waals surface area (Å²) in [5.74, 6) is -2.06. The van der Waals surface area contributed by atoms with Crippen molar-refractivity contribution in [2.45, 2.75) is 38.8 Å². The molecule has 11 heteroatoms. The van der Waals surface area contributed by atoms with Crippen LogP contribution in [0.5, 0.6) is 11.8 Å². The number of nitro benzene ring substituents is 1. The molecule has 2 rings (SSSR count). The lowest BCUT2D eigenvalue weighted by Gasteiger charge is -2.23. The summed E-state index contributed by atoms with van der Waals surface area (Å²) in [5, 5.41) is 32.4. The van der Waals surface area contributed by atoms with Gasteiger partial charge < -0.3 is 25.1 Å². The zero-order valence-corrected chi connectivity index (χ0v) is 16.0. The second-order valence-corrected chi connectivity index (χ2v) is 7.08. The molecule has 3 N–H and O–H groups in total. The Labute approximate surface area is 165 Å². The van der Waals surface area contributed by atoms with Crippen LogP contribution in [0.2, 0.25) is 0 Å². The first-order valence-corrected chi connectivity index (χ1v) is 8.51. The Morgan fingerprint density at radius 3 is 2.17 bits per heavy atom. The molecular weight excluding hydrogens is 386 g/mol. The molecule has 1 aromatic heterocycles. The maximum absolute atomic E-state index is 12.6. The number of non-ortho nitro benzene ring substituents is 1. The molecule has 0 aliphatic heterocycles. The number of aromatic hydroxyl groups is 2. The van der Waals surface area contributed by atoms with E-state index >= 15 is 0 Å². The average molecular weight is 407 g/mol. The van der Waals surface area contributed by atoms with E-state index in [9.17, 15) is 29.9 Å². The van der Waals surface area contributed by atoms with E-state index in [1.807, 2.05) is 0 Å². The summed E-state index contributed by atoms with van der Waals surface area (Å²) in [7, 11) is 0. The lowest BCUT2D eigenvalue weighted by Crippen LogP contribution is -2.47. The van der Waals surface area contributed by atoms with E-state index in [-0.39, 0.29) is 12.1 Å². The first-order chi connectivity index (χ1) is 13.5. The Morgan fingerprint density at radius 2 is 1.69 bits per heavy atom. The average Bonchev–Trinajstić information content (AvgIpc) is 2.92. The van der Waals surface area contributed by atoms with Gasteiger partial charge in [0.2, 0.25) is 11.8 Å². The van der Waals surface area contributed by atoms with Gasteiger partial charge in [-0.1, -0.05) is 12.1 Å². The number of nitrogens with zero attached hydrogens (tertiary/aromatic N) is 2. The van der Waals surface area contributed by atoms with Crippen molar-refractivity contribution in [3.8, 4) is 11.8 Å². The van der Waals surface area contributed by atoms with Crippen molar-refractivity contribution in [1.82, 2.24) is 10.0 Å². The quantitative estimate of drug-likeness (QED) is 0.485. The molecule has 29 heavy (non-hydrogen) atoms. The van der Waals surface area contributed by atoms with Gasteiger partial charge in [0.05, 0.1) is 4.92 Å². The van der Waals surface area contributed by atoms with E-state index in [2.05, 4.69) is 5.32 Å². The van der Waals surface area contributed by atoms with Gasteiger partial charge in [0.1, 0.15) is 11.6 Å². The highest BCUT2D eigenvalue weighted by molar-refractivity contribution is 5.82. The molecule has 0 saturated heterocycles. The lowest BCUT2D eigenvalue weighted by atomic mass is 10.1. The molecule has 0 saturated carbocycles. The monoisotopic (exact) mass is 407 g/mol. The minimum atomic E-state index is -1.27. The zero-order valence-electron chi connectivity index (χ0n) is 16.0. The second-order valence-electron chi connectivity index (χ2n) is 7.08. The lowest BCUT2D eigenvalue weighted by molar-refractivity contribution is -0.384. The van der Waals surface area contributed by atoms with Crippen molar-refractivity contribution in [1.29, 1.82) is 0 Å². The molecule has 0 aliphatic rings. The van der Waals surface area contributed by atoms with Gasteiger partial charge in [0.25, 0.3) is 5.69 Å². The van der Waals surface area contributed by atoms with Gasteiger partial charge in [-0.05, 0) is 26.3 Å². The molecule has 0 radical (unpaired) electrons.